The van der Waals surface area contributed by atoms with Gasteiger partial charge in [0.15, 0.2) is 5.96 Å². The predicted molar refractivity (Wildman–Crippen MR) is 121 cm³/mol. The molecule has 1 aromatic rings. The molecule has 1 heterocycles. The largest absolute Gasteiger partial charge is 0.356 e. The number of aryl methyl sites for hydroxylation is 1. The maximum atomic E-state index is 11.6. The van der Waals surface area contributed by atoms with E-state index in [1.54, 1.807) is 16.7 Å². The SMILES string of the molecule is CN=C(NCCCCn1ccccc1=O)NCCCC1CCCCC1.I. The van der Waals surface area contributed by atoms with Crippen LogP contribution >= 0.6 is 24.0 Å². The smallest absolute Gasteiger partial charge is 0.250 e. The molecule has 5 nitrogen and oxygen atoms in total. The standard InChI is InChI=1S/C20H34N4O.HI/c1-21-20(23-15-9-12-18-10-3-2-4-11-18)22-14-6-8-17-24-16-7-5-13-19(24)25;/h5,7,13,16,18H,2-4,6,8-12,14-15,17H2,1H3,(H2,21,22,23);1H. The number of nitrogens with one attached hydrogen (secondary N) is 2. The van der Waals surface area contributed by atoms with Crippen molar-refractivity contribution in [1.29, 1.82) is 0 Å². The number of nitrogens with zero attached hydrogens (tertiary/aromatic N) is 2. The lowest BCUT2D eigenvalue weighted by atomic mass is 9.86. The summed E-state index contributed by atoms with van der Waals surface area (Å²) in [6.45, 7) is 2.65. The van der Waals surface area contributed by atoms with Crippen LogP contribution in [0, 0.1) is 5.92 Å². The van der Waals surface area contributed by atoms with Crippen molar-refractivity contribution in [2.24, 2.45) is 10.9 Å². The molecule has 0 atom stereocenters. The van der Waals surface area contributed by atoms with Gasteiger partial charge in [-0.2, -0.15) is 0 Å². The van der Waals surface area contributed by atoms with Gasteiger partial charge in [0.25, 0.3) is 0 Å². The molecule has 0 aliphatic heterocycles. The van der Waals surface area contributed by atoms with E-state index in [1.807, 2.05) is 19.3 Å². The fraction of sp³-hybridized carbons (Fsp3) is 0.700. The Balaban J connectivity index is 0.00000338. The number of halogens is 1. The minimum absolute atomic E-state index is 0. The Hall–Kier alpha value is -1.05. The molecule has 6 heteroatoms. The first-order valence-electron chi connectivity index (χ1n) is 9.89. The Bertz CT molecular complexity index is 567. The molecule has 0 saturated heterocycles. The number of aliphatic imine (C=N–C) groups is 1. The van der Waals surface area contributed by atoms with E-state index < -0.39 is 0 Å². The molecule has 1 fully saturated rings. The Morgan fingerprint density at radius 2 is 1.85 bits per heavy atom. The summed E-state index contributed by atoms with van der Waals surface area (Å²) in [5.41, 5.74) is 0.0749. The van der Waals surface area contributed by atoms with Crippen LogP contribution in [0.25, 0.3) is 0 Å². The van der Waals surface area contributed by atoms with Crippen LogP contribution in [-0.2, 0) is 6.54 Å². The highest BCUT2D eigenvalue weighted by Gasteiger charge is 2.12. The molecule has 0 amide bonds. The molecule has 1 aliphatic carbocycles. The monoisotopic (exact) mass is 474 g/mol. The molecule has 148 valence electrons. The summed E-state index contributed by atoms with van der Waals surface area (Å²) in [4.78, 5) is 15.9. The van der Waals surface area contributed by atoms with Crippen molar-refractivity contribution in [3.63, 3.8) is 0 Å². The molecule has 2 rings (SSSR count). The summed E-state index contributed by atoms with van der Waals surface area (Å²) >= 11 is 0. The second-order valence-electron chi connectivity index (χ2n) is 7.01. The fourth-order valence-electron chi connectivity index (χ4n) is 3.55. The van der Waals surface area contributed by atoms with Crippen LogP contribution in [-0.4, -0.2) is 30.7 Å². The second kappa shape index (κ2) is 14.1. The summed E-state index contributed by atoms with van der Waals surface area (Å²) in [6, 6.07) is 5.29. The van der Waals surface area contributed by atoms with E-state index in [0.29, 0.717) is 0 Å². The van der Waals surface area contributed by atoms with E-state index in [1.165, 1.54) is 44.9 Å². The third kappa shape index (κ3) is 9.05. The van der Waals surface area contributed by atoms with Gasteiger partial charge in [0.2, 0.25) is 5.56 Å². The first-order valence-corrected chi connectivity index (χ1v) is 9.89. The lowest BCUT2D eigenvalue weighted by Gasteiger charge is -2.21. The minimum Gasteiger partial charge on any atom is -0.356 e. The highest BCUT2D eigenvalue weighted by Crippen LogP contribution is 2.26. The van der Waals surface area contributed by atoms with Gasteiger partial charge < -0.3 is 15.2 Å². The van der Waals surface area contributed by atoms with Gasteiger partial charge in [0, 0.05) is 38.9 Å². The molecule has 0 unspecified atom stereocenters. The van der Waals surface area contributed by atoms with Gasteiger partial charge in [-0.05, 0) is 37.7 Å². The lowest BCUT2D eigenvalue weighted by Crippen LogP contribution is -2.38. The summed E-state index contributed by atoms with van der Waals surface area (Å²) < 4.78 is 1.76. The van der Waals surface area contributed by atoms with Crippen LogP contribution < -0.4 is 16.2 Å². The summed E-state index contributed by atoms with van der Waals surface area (Å²) in [7, 11) is 1.82. The van der Waals surface area contributed by atoms with Crippen LogP contribution in [0.5, 0.6) is 0 Å². The first kappa shape index (κ1) is 23.0. The highest BCUT2D eigenvalue weighted by molar-refractivity contribution is 14.0. The average molecular weight is 474 g/mol. The van der Waals surface area contributed by atoms with Crippen molar-refractivity contribution in [1.82, 2.24) is 15.2 Å². The fourth-order valence-corrected chi connectivity index (χ4v) is 3.55. The van der Waals surface area contributed by atoms with Crippen molar-refractivity contribution in [2.45, 2.75) is 64.3 Å². The quantitative estimate of drug-likeness (QED) is 0.248. The Labute approximate surface area is 175 Å². The Kier molecular flexibility index (Phi) is 12.4. The normalized spacial score (nSPS) is 15.3. The topological polar surface area (TPSA) is 58.4 Å². The molecule has 26 heavy (non-hydrogen) atoms. The molecule has 1 aliphatic rings. The van der Waals surface area contributed by atoms with Crippen molar-refractivity contribution < 1.29 is 0 Å². The molecule has 0 bridgehead atoms. The van der Waals surface area contributed by atoms with Crippen LogP contribution in [0.2, 0.25) is 0 Å². The number of hydrogen-bond acceptors (Lipinski definition) is 2. The van der Waals surface area contributed by atoms with Crippen molar-refractivity contribution >= 4 is 29.9 Å². The number of guanidine groups is 1. The molecular formula is C20H35IN4O. The third-order valence-electron chi connectivity index (χ3n) is 5.05. The van der Waals surface area contributed by atoms with Crippen LogP contribution in [0.4, 0.5) is 0 Å². The van der Waals surface area contributed by atoms with E-state index in [2.05, 4.69) is 15.6 Å². The van der Waals surface area contributed by atoms with Gasteiger partial charge >= 0.3 is 0 Å². The highest BCUT2D eigenvalue weighted by atomic mass is 127. The molecule has 1 aromatic heterocycles. The van der Waals surface area contributed by atoms with Crippen LogP contribution in [0.1, 0.15) is 57.8 Å². The summed E-state index contributed by atoms with van der Waals surface area (Å²) in [5.74, 6) is 1.84. The molecule has 0 aromatic carbocycles. The van der Waals surface area contributed by atoms with Crippen molar-refractivity contribution in [3.05, 3.63) is 34.7 Å². The van der Waals surface area contributed by atoms with Crippen LogP contribution in [0.3, 0.4) is 0 Å². The number of hydrogen-bond donors (Lipinski definition) is 2. The van der Waals surface area contributed by atoms with Gasteiger partial charge in [-0.3, -0.25) is 9.79 Å². The van der Waals surface area contributed by atoms with E-state index in [0.717, 1.165) is 44.4 Å². The van der Waals surface area contributed by atoms with Gasteiger partial charge in [0.05, 0.1) is 0 Å². The maximum absolute atomic E-state index is 11.6. The molecular weight excluding hydrogens is 439 g/mol. The van der Waals surface area contributed by atoms with Gasteiger partial charge in [-0.25, -0.2) is 0 Å². The average Bonchev–Trinajstić information content (AvgIpc) is 2.65. The Morgan fingerprint density at radius 3 is 2.54 bits per heavy atom. The minimum atomic E-state index is 0. The number of aromatic nitrogens is 1. The van der Waals surface area contributed by atoms with E-state index in [9.17, 15) is 4.79 Å². The van der Waals surface area contributed by atoms with E-state index in [-0.39, 0.29) is 29.5 Å². The molecule has 1 saturated carbocycles. The lowest BCUT2D eigenvalue weighted by molar-refractivity contribution is 0.332. The molecule has 0 spiro atoms. The predicted octanol–water partition coefficient (Wildman–Crippen LogP) is 3.77. The summed E-state index contributed by atoms with van der Waals surface area (Å²) in [5, 5.41) is 6.77. The van der Waals surface area contributed by atoms with Crippen molar-refractivity contribution in [2.75, 3.05) is 20.1 Å². The van der Waals surface area contributed by atoms with Gasteiger partial charge in [-0.15, -0.1) is 24.0 Å². The van der Waals surface area contributed by atoms with Crippen LogP contribution in [0.15, 0.2) is 34.2 Å². The van der Waals surface area contributed by atoms with Gasteiger partial charge in [-0.1, -0.05) is 38.2 Å². The van der Waals surface area contributed by atoms with E-state index >= 15 is 0 Å². The van der Waals surface area contributed by atoms with Gasteiger partial charge in [0.1, 0.15) is 0 Å². The zero-order valence-corrected chi connectivity index (χ0v) is 18.4. The zero-order chi connectivity index (χ0) is 17.7. The molecule has 2 N–H and O–H groups in total. The third-order valence-corrected chi connectivity index (χ3v) is 5.05. The number of rotatable bonds is 9. The number of unbranched alkanes of at least 4 members (excludes halogenated alkanes) is 1. The summed E-state index contributed by atoms with van der Waals surface area (Å²) in [6.07, 6.45) is 13.6. The van der Waals surface area contributed by atoms with Crippen molar-refractivity contribution in [3.8, 4) is 0 Å². The maximum Gasteiger partial charge on any atom is 0.250 e. The second-order valence-corrected chi connectivity index (χ2v) is 7.01. The first-order chi connectivity index (χ1) is 12.3. The zero-order valence-electron chi connectivity index (χ0n) is 16.1. The molecule has 0 radical (unpaired) electrons. The Morgan fingerprint density at radius 1 is 1.12 bits per heavy atom. The number of pyridine rings is 1. The van der Waals surface area contributed by atoms with E-state index in [4.69, 9.17) is 0 Å².